The fourth-order valence-electron chi connectivity index (χ4n) is 2.80. The Labute approximate surface area is 64.0 Å². The number of hydrogen-bond acceptors (Lipinski definition) is 0. The Bertz CT molecular complexity index is 145. The molecule has 1 radical (unpaired) electrons. The van der Waals surface area contributed by atoms with Crippen molar-refractivity contribution in [3.05, 3.63) is 6.42 Å². The van der Waals surface area contributed by atoms with Gasteiger partial charge in [-0.05, 0) is 42.4 Å². The van der Waals surface area contributed by atoms with Gasteiger partial charge in [0.15, 0.2) is 0 Å². The molecule has 2 fully saturated rings. The standard InChI is InChI=1S/C10H17/c1-9(2)8-4-6-10(9,3)7-5-8/h6,8H,4-5,7H2,1-3H3. The van der Waals surface area contributed by atoms with Crippen molar-refractivity contribution >= 4 is 0 Å². The van der Waals surface area contributed by atoms with E-state index in [2.05, 4.69) is 27.2 Å². The van der Waals surface area contributed by atoms with E-state index in [-0.39, 0.29) is 0 Å². The van der Waals surface area contributed by atoms with E-state index >= 15 is 0 Å². The molecule has 2 aliphatic rings. The van der Waals surface area contributed by atoms with E-state index in [0.717, 1.165) is 5.92 Å². The molecule has 2 atom stereocenters. The van der Waals surface area contributed by atoms with Gasteiger partial charge in [0.1, 0.15) is 0 Å². The van der Waals surface area contributed by atoms with E-state index in [4.69, 9.17) is 0 Å². The van der Waals surface area contributed by atoms with E-state index in [1.807, 2.05) is 0 Å². The quantitative estimate of drug-likeness (QED) is 0.481. The van der Waals surface area contributed by atoms with Crippen molar-refractivity contribution in [2.45, 2.75) is 40.0 Å². The first-order valence-electron chi connectivity index (χ1n) is 4.41. The van der Waals surface area contributed by atoms with Crippen molar-refractivity contribution in [2.24, 2.45) is 16.7 Å². The molecule has 0 aromatic rings. The predicted molar refractivity (Wildman–Crippen MR) is 43.5 cm³/mol. The maximum absolute atomic E-state index is 2.56. The van der Waals surface area contributed by atoms with E-state index in [0.29, 0.717) is 10.8 Å². The molecule has 2 unspecified atom stereocenters. The summed E-state index contributed by atoms with van der Waals surface area (Å²) in [6.07, 6.45) is 6.84. The molecular formula is C10H17. The lowest BCUT2D eigenvalue weighted by Gasteiger charge is -2.34. The number of rotatable bonds is 0. The highest BCUT2D eigenvalue weighted by Gasteiger charge is 2.55. The Morgan fingerprint density at radius 2 is 2.00 bits per heavy atom. The summed E-state index contributed by atoms with van der Waals surface area (Å²) in [6.45, 7) is 7.31. The largest absolute Gasteiger partial charge is 0.0591 e. The van der Waals surface area contributed by atoms with Crippen LogP contribution in [0.3, 0.4) is 0 Å². The van der Waals surface area contributed by atoms with Crippen LogP contribution in [0.2, 0.25) is 0 Å². The van der Waals surface area contributed by atoms with Crippen LogP contribution >= 0.6 is 0 Å². The molecule has 2 rings (SSSR count). The third-order valence-corrected chi connectivity index (χ3v) is 4.36. The zero-order valence-corrected chi connectivity index (χ0v) is 7.28. The SMILES string of the molecule is CC12[CH]CC(CC1)C2(C)C. The first-order chi connectivity index (χ1) is 4.56. The van der Waals surface area contributed by atoms with Gasteiger partial charge in [0, 0.05) is 0 Å². The minimum absolute atomic E-state index is 0.581. The summed E-state index contributed by atoms with van der Waals surface area (Å²) in [5, 5.41) is 0. The molecule has 0 heterocycles. The van der Waals surface area contributed by atoms with Gasteiger partial charge >= 0.3 is 0 Å². The zero-order valence-electron chi connectivity index (χ0n) is 7.28. The van der Waals surface area contributed by atoms with Crippen LogP contribution in [0.5, 0.6) is 0 Å². The third-order valence-electron chi connectivity index (χ3n) is 4.36. The van der Waals surface area contributed by atoms with E-state index < -0.39 is 0 Å². The average molecular weight is 137 g/mol. The molecule has 0 heteroatoms. The van der Waals surface area contributed by atoms with Crippen molar-refractivity contribution in [3.63, 3.8) is 0 Å². The molecule has 0 aromatic heterocycles. The maximum atomic E-state index is 2.56. The molecule has 0 spiro atoms. The van der Waals surface area contributed by atoms with Crippen molar-refractivity contribution in [3.8, 4) is 0 Å². The van der Waals surface area contributed by atoms with Gasteiger partial charge in [0.05, 0.1) is 0 Å². The third kappa shape index (κ3) is 0.538. The molecular weight excluding hydrogens is 120 g/mol. The van der Waals surface area contributed by atoms with Crippen LogP contribution in [0.15, 0.2) is 0 Å². The summed E-state index contributed by atoms with van der Waals surface area (Å²) in [5.41, 5.74) is 1.19. The van der Waals surface area contributed by atoms with Crippen LogP contribution < -0.4 is 0 Å². The molecule has 2 aliphatic carbocycles. The topological polar surface area (TPSA) is 0 Å². The molecule has 2 bridgehead atoms. The van der Waals surface area contributed by atoms with Crippen LogP contribution in [0.1, 0.15) is 40.0 Å². The second-order valence-corrected chi connectivity index (χ2v) is 4.81. The van der Waals surface area contributed by atoms with Crippen molar-refractivity contribution in [1.29, 1.82) is 0 Å². The van der Waals surface area contributed by atoms with Gasteiger partial charge in [0.2, 0.25) is 0 Å². The lowest BCUT2D eigenvalue weighted by Crippen LogP contribution is -2.26. The van der Waals surface area contributed by atoms with Crippen LogP contribution in [0, 0.1) is 23.2 Å². The van der Waals surface area contributed by atoms with Gasteiger partial charge in [-0.15, -0.1) is 0 Å². The molecule has 0 saturated heterocycles. The minimum Gasteiger partial charge on any atom is -0.0591 e. The zero-order chi connectivity index (χ0) is 7.41. The Morgan fingerprint density at radius 3 is 2.10 bits per heavy atom. The Kier molecular flexibility index (Phi) is 1.07. The highest BCUT2D eigenvalue weighted by atomic mass is 14.6. The van der Waals surface area contributed by atoms with Crippen LogP contribution in [-0.4, -0.2) is 0 Å². The fraction of sp³-hybridized carbons (Fsp3) is 0.900. The van der Waals surface area contributed by atoms with E-state index in [9.17, 15) is 0 Å². The normalized spacial score (nSPS) is 50.1. The van der Waals surface area contributed by atoms with Gasteiger partial charge in [-0.3, -0.25) is 0 Å². The van der Waals surface area contributed by atoms with Gasteiger partial charge in [-0.2, -0.15) is 0 Å². The molecule has 0 amide bonds. The van der Waals surface area contributed by atoms with Gasteiger partial charge in [-0.1, -0.05) is 20.8 Å². The summed E-state index contributed by atoms with van der Waals surface area (Å²) in [7, 11) is 0. The molecule has 10 heavy (non-hydrogen) atoms. The number of fused-ring (bicyclic) bond motifs is 2. The van der Waals surface area contributed by atoms with Crippen molar-refractivity contribution < 1.29 is 0 Å². The van der Waals surface area contributed by atoms with Gasteiger partial charge in [-0.25, -0.2) is 0 Å². The fourth-order valence-corrected chi connectivity index (χ4v) is 2.80. The highest BCUT2D eigenvalue weighted by molar-refractivity contribution is 5.14. The molecule has 0 nitrogen and oxygen atoms in total. The molecule has 0 aliphatic heterocycles. The summed E-state index contributed by atoms with van der Waals surface area (Å²) >= 11 is 0. The van der Waals surface area contributed by atoms with Crippen LogP contribution in [-0.2, 0) is 0 Å². The Morgan fingerprint density at radius 1 is 1.30 bits per heavy atom. The molecule has 0 aromatic carbocycles. The molecule has 2 saturated carbocycles. The monoisotopic (exact) mass is 137 g/mol. The summed E-state index contributed by atoms with van der Waals surface area (Å²) in [6, 6.07) is 0. The first-order valence-corrected chi connectivity index (χ1v) is 4.41. The highest BCUT2D eigenvalue weighted by Crippen LogP contribution is 2.64. The van der Waals surface area contributed by atoms with Crippen molar-refractivity contribution in [1.82, 2.24) is 0 Å². The average Bonchev–Trinajstić information content (AvgIpc) is 2.18. The summed E-state index contributed by atoms with van der Waals surface area (Å²) < 4.78 is 0. The van der Waals surface area contributed by atoms with Crippen LogP contribution in [0.4, 0.5) is 0 Å². The Hall–Kier alpha value is 0. The molecule has 0 N–H and O–H groups in total. The summed E-state index contributed by atoms with van der Waals surface area (Å²) in [4.78, 5) is 0. The van der Waals surface area contributed by atoms with Crippen LogP contribution in [0.25, 0.3) is 0 Å². The predicted octanol–water partition coefficient (Wildman–Crippen LogP) is 3.04. The van der Waals surface area contributed by atoms with Gasteiger partial charge < -0.3 is 0 Å². The smallest absolute Gasteiger partial charge is 0.0241 e. The van der Waals surface area contributed by atoms with Gasteiger partial charge in [0.25, 0.3) is 0 Å². The summed E-state index contributed by atoms with van der Waals surface area (Å²) in [5.74, 6) is 0.998. The van der Waals surface area contributed by atoms with E-state index in [1.165, 1.54) is 19.3 Å². The second-order valence-electron chi connectivity index (χ2n) is 4.81. The first kappa shape index (κ1) is 6.69. The maximum Gasteiger partial charge on any atom is -0.0241 e. The van der Waals surface area contributed by atoms with E-state index in [1.54, 1.807) is 0 Å². The Balaban J connectivity index is 2.37. The lowest BCUT2D eigenvalue weighted by atomic mass is 9.71. The number of hydrogen-bond donors (Lipinski definition) is 0. The minimum atomic E-state index is 0.581. The van der Waals surface area contributed by atoms with Crippen molar-refractivity contribution in [2.75, 3.05) is 0 Å². The molecule has 57 valence electrons. The second kappa shape index (κ2) is 1.60. The lowest BCUT2D eigenvalue weighted by molar-refractivity contribution is 0.177.